The van der Waals surface area contributed by atoms with Crippen LogP contribution in [0, 0.1) is 0 Å². The van der Waals surface area contributed by atoms with Crippen LogP contribution in [0.3, 0.4) is 0 Å². The summed E-state index contributed by atoms with van der Waals surface area (Å²) in [5.74, 6) is -2.68. The Morgan fingerprint density at radius 3 is 2.49 bits per heavy atom. The van der Waals surface area contributed by atoms with Crippen molar-refractivity contribution >= 4 is 29.7 Å². The highest BCUT2D eigenvalue weighted by atomic mass is 16.4. The third kappa shape index (κ3) is 8.56. The smallest absolute Gasteiger partial charge is 0.325 e. The van der Waals surface area contributed by atoms with Crippen LogP contribution in [-0.2, 0) is 25.6 Å². The van der Waals surface area contributed by atoms with Crippen LogP contribution in [0.25, 0.3) is 0 Å². The lowest BCUT2D eigenvalue weighted by molar-refractivity contribution is -0.142. The molecule has 1 aliphatic rings. The summed E-state index contributed by atoms with van der Waals surface area (Å²) in [6.45, 7) is 2.07. The number of hydrogen-bond acceptors (Lipinski definition) is 6. The second-order valence-corrected chi connectivity index (χ2v) is 8.56. The Labute approximate surface area is 204 Å². The van der Waals surface area contributed by atoms with Crippen LogP contribution in [0.5, 0.6) is 0 Å². The van der Waals surface area contributed by atoms with E-state index in [2.05, 4.69) is 15.6 Å². The number of aliphatic carboxylic acids is 1. The molecule has 35 heavy (non-hydrogen) atoms. The van der Waals surface area contributed by atoms with Crippen molar-refractivity contribution in [3.8, 4) is 0 Å². The molecule has 1 fully saturated rings. The van der Waals surface area contributed by atoms with Gasteiger partial charge in [-0.3, -0.25) is 24.2 Å². The van der Waals surface area contributed by atoms with Gasteiger partial charge in [0.05, 0.1) is 6.04 Å². The summed E-state index contributed by atoms with van der Waals surface area (Å²) in [5, 5.41) is 14.2. The standard InChI is InChI=1S/C23H35N7O5/c1-14(22(34)35)28-19(31)17(13-15-7-3-2-4-8-15)29-20(32)18-10-6-12-30(18)21(33)16(24)9-5-11-27-23(25)26/h2-4,7-8,14,16-18H,5-6,9-13,24H2,1H3,(H,28,31)(H,29,32)(H,34,35)(H4,25,26,27). The molecule has 1 aromatic carbocycles. The molecule has 0 radical (unpaired) electrons. The van der Waals surface area contributed by atoms with Gasteiger partial charge in [0.25, 0.3) is 0 Å². The van der Waals surface area contributed by atoms with E-state index in [1.54, 1.807) is 24.3 Å². The highest BCUT2D eigenvalue weighted by Crippen LogP contribution is 2.19. The molecule has 0 bridgehead atoms. The molecule has 0 spiro atoms. The van der Waals surface area contributed by atoms with Crippen molar-refractivity contribution in [2.24, 2.45) is 22.2 Å². The fourth-order valence-electron chi connectivity index (χ4n) is 3.86. The van der Waals surface area contributed by atoms with E-state index in [1.807, 2.05) is 6.07 Å². The number of nitrogens with zero attached hydrogens (tertiary/aromatic N) is 2. The number of likely N-dealkylation sites (tertiary alicyclic amines) is 1. The molecule has 9 N–H and O–H groups in total. The topological polar surface area (TPSA) is 206 Å². The monoisotopic (exact) mass is 489 g/mol. The first kappa shape index (κ1) is 27.6. The van der Waals surface area contributed by atoms with E-state index in [-0.39, 0.29) is 18.3 Å². The second kappa shape index (κ2) is 13.3. The molecule has 4 unspecified atom stereocenters. The number of hydrogen-bond donors (Lipinski definition) is 6. The first-order chi connectivity index (χ1) is 16.6. The van der Waals surface area contributed by atoms with Gasteiger partial charge in [-0.2, -0.15) is 0 Å². The van der Waals surface area contributed by atoms with Crippen molar-refractivity contribution in [3.63, 3.8) is 0 Å². The van der Waals surface area contributed by atoms with Gasteiger partial charge in [0.2, 0.25) is 17.7 Å². The Kier molecular flexibility index (Phi) is 10.5. The number of nitrogens with one attached hydrogen (secondary N) is 2. The van der Waals surface area contributed by atoms with E-state index in [1.165, 1.54) is 11.8 Å². The molecule has 1 aromatic rings. The third-order valence-corrected chi connectivity index (χ3v) is 5.77. The van der Waals surface area contributed by atoms with Crippen LogP contribution in [0.2, 0.25) is 0 Å². The van der Waals surface area contributed by atoms with Gasteiger partial charge < -0.3 is 37.8 Å². The molecule has 4 atom stereocenters. The Bertz CT molecular complexity index is 920. The highest BCUT2D eigenvalue weighted by molar-refractivity contribution is 5.94. The molecular formula is C23H35N7O5. The van der Waals surface area contributed by atoms with Crippen molar-refractivity contribution in [1.29, 1.82) is 0 Å². The SMILES string of the molecule is CC(NC(=O)C(Cc1ccccc1)NC(=O)C1CCCN1C(=O)C(N)CCCN=C(N)N)C(=O)O. The Balaban J connectivity index is 2.07. The van der Waals surface area contributed by atoms with Crippen LogP contribution in [0.1, 0.15) is 38.2 Å². The Morgan fingerprint density at radius 2 is 1.86 bits per heavy atom. The van der Waals surface area contributed by atoms with Crippen molar-refractivity contribution in [2.45, 2.75) is 63.2 Å². The molecule has 0 aromatic heterocycles. The fraction of sp³-hybridized carbons (Fsp3) is 0.522. The average molecular weight is 490 g/mol. The summed E-state index contributed by atoms with van der Waals surface area (Å²) in [6.07, 6.45) is 2.08. The number of carboxylic acids is 1. The van der Waals surface area contributed by atoms with Crippen molar-refractivity contribution in [2.75, 3.05) is 13.1 Å². The molecule has 1 saturated heterocycles. The van der Waals surface area contributed by atoms with E-state index in [0.29, 0.717) is 38.8 Å². The fourth-order valence-corrected chi connectivity index (χ4v) is 3.86. The van der Waals surface area contributed by atoms with Gasteiger partial charge in [-0.25, -0.2) is 0 Å². The molecular weight excluding hydrogens is 454 g/mol. The minimum atomic E-state index is -1.19. The predicted octanol–water partition coefficient (Wildman–Crippen LogP) is -1.32. The second-order valence-electron chi connectivity index (χ2n) is 8.56. The van der Waals surface area contributed by atoms with E-state index in [0.717, 1.165) is 5.56 Å². The van der Waals surface area contributed by atoms with Gasteiger partial charge in [-0.05, 0) is 38.2 Å². The van der Waals surface area contributed by atoms with Crippen molar-refractivity contribution in [1.82, 2.24) is 15.5 Å². The molecule has 1 aliphatic heterocycles. The number of benzene rings is 1. The van der Waals surface area contributed by atoms with Crippen LogP contribution in [-0.4, -0.2) is 76.9 Å². The van der Waals surface area contributed by atoms with Crippen LogP contribution in [0.4, 0.5) is 0 Å². The molecule has 2 rings (SSSR count). The van der Waals surface area contributed by atoms with E-state index < -0.39 is 42.0 Å². The number of amides is 3. The zero-order valence-electron chi connectivity index (χ0n) is 19.9. The minimum Gasteiger partial charge on any atom is -0.480 e. The van der Waals surface area contributed by atoms with Crippen LogP contribution in [0.15, 0.2) is 35.3 Å². The summed E-state index contributed by atoms with van der Waals surface area (Å²) in [4.78, 5) is 55.4. The predicted molar refractivity (Wildman–Crippen MR) is 130 cm³/mol. The van der Waals surface area contributed by atoms with Gasteiger partial charge in [0.15, 0.2) is 5.96 Å². The largest absolute Gasteiger partial charge is 0.480 e. The molecule has 192 valence electrons. The lowest BCUT2D eigenvalue weighted by Crippen LogP contribution is -2.56. The molecule has 0 aliphatic carbocycles. The normalized spacial score (nSPS) is 17.7. The molecule has 1 heterocycles. The van der Waals surface area contributed by atoms with Crippen molar-refractivity contribution in [3.05, 3.63) is 35.9 Å². The van der Waals surface area contributed by atoms with Crippen LogP contribution >= 0.6 is 0 Å². The highest BCUT2D eigenvalue weighted by Gasteiger charge is 2.37. The first-order valence-electron chi connectivity index (χ1n) is 11.6. The molecule has 12 heteroatoms. The maximum Gasteiger partial charge on any atom is 0.325 e. The minimum absolute atomic E-state index is 0.0342. The summed E-state index contributed by atoms with van der Waals surface area (Å²) in [6, 6.07) is 5.32. The first-order valence-corrected chi connectivity index (χ1v) is 11.6. The third-order valence-electron chi connectivity index (χ3n) is 5.77. The maximum atomic E-state index is 13.2. The lowest BCUT2D eigenvalue weighted by atomic mass is 10.0. The summed E-state index contributed by atoms with van der Waals surface area (Å²) in [7, 11) is 0. The van der Waals surface area contributed by atoms with E-state index >= 15 is 0 Å². The van der Waals surface area contributed by atoms with Gasteiger partial charge >= 0.3 is 5.97 Å². The van der Waals surface area contributed by atoms with Gasteiger partial charge in [-0.15, -0.1) is 0 Å². The Morgan fingerprint density at radius 1 is 1.17 bits per heavy atom. The quantitative estimate of drug-likeness (QED) is 0.118. The van der Waals surface area contributed by atoms with Gasteiger partial charge in [0, 0.05) is 19.5 Å². The number of carbonyl (C=O) groups is 4. The number of carboxylic acid groups (broad SMARTS) is 1. The number of carbonyl (C=O) groups excluding carboxylic acids is 3. The zero-order valence-corrected chi connectivity index (χ0v) is 19.9. The number of nitrogens with two attached hydrogens (primary N) is 3. The van der Waals surface area contributed by atoms with E-state index in [9.17, 15) is 19.2 Å². The Hall–Kier alpha value is -3.67. The number of rotatable bonds is 12. The summed E-state index contributed by atoms with van der Waals surface area (Å²) >= 11 is 0. The lowest BCUT2D eigenvalue weighted by Gasteiger charge is -2.28. The summed E-state index contributed by atoms with van der Waals surface area (Å²) in [5.41, 5.74) is 17.4. The maximum absolute atomic E-state index is 13.2. The van der Waals surface area contributed by atoms with Crippen molar-refractivity contribution < 1.29 is 24.3 Å². The zero-order chi connectivity index (χ0) is 26.0. The average Bonchev–Trinajstić information content (AvgIpc) is 3.31. The van der Waals surface area contributed by atoms with Gasteiger partial charge in [-0.1, -0.05) is 30.3 Å². The number of guanidine groups is 1. The number of aliphatic imine (C=N–C) groups is 1. The molecule has 3 amide bonds. The molecule has 12 nitrogen and oxygen atoms in total. The molecule has 0 saturated carbocycles. The van der Waals surface area contributed by atoms with Crippen LogP contribution < -0.4 is 27.8 Å². The van der Waals surface area contributed by atoms with Gasteiger partial charge in [0.1, 0.15) is 18.1 Å². The summed E-state index contributed by atoms with van der Waals surface area (Å²) < 4.78 is 0. The van der Waals surface area contributed by atoms with E-state index in [4.69, 9.17) is 22.3 Å².